The van der Waals surface area contributed by atoms with Gasteiger partial charge in [0.25, 0.3) is 0 Å². The molecule has 1 aliphatic carbocycles. The van der Waals surface area contributed by atoms with E-state index in [2.05, 4.69) is 10.2 Å². The molecule has 2 aliphatic heterocycles. The smallest absolute Gasteiger partial charge is 0.224 e. The van der Waals surface area contributed by atoms with Gasteiger partial charge in [0.2, 0.25) is 5.91 Å². The average molecular weight is 358 g/mol. The van der Waals surface area contributed by atoms with Crippen LogP contribution in [-0.4, -0.2) is 47.8 Å². The fourth-order valence-electron chi connectivity index (χ4n) is 4.62. The van der Waals surface area contributed by atoms with Crippen LogP contribution in [0.4, 0.5) is 5.69 Å². The van der Waals surface area contributed by atoms with Crippen LogP contribution in [0.5, 0.6) is 5.75 Å². The normalized spacial score (nSPS) is 27.7. The Balaban J connectivity index is 1.31. The Hall–Kier alpha value is -1.59. The molecule has 5 heteroatoms. The minimum atomic E-state index is -0.442. The van der Waals surface area contributed by atoms with Gasteiger partial charge in [0.1, 0.15) is 18.0 Å². The summed E-state index contributed by atoms with van der Waals surface area (Å²) in [6.45, 7) is 2.84. The van der Waals surface area contributed by atoms with Crippen LogP contribution in [0.1, 0.15) is 50.5 Å². The first-order valence-electron chi connectivity index (χ1n) is 10.2. The number of fused-ring (bicyclic) bond motifs is 1. The van der Waals surface area contributed by atoms with E-state index in [9.17, 15) is 9.90 Å². The Bertz CT molecular complexity index is 642. The third-order valence-electron chi connectivity index (χ3n) is 6.11. The summed E-state index contributed by atoms with van der Waals surface area (Å²) in [4.78, 5) is 13.9. The van der Waals surface area contributed by atoms with Crippen LogP contribution in [0.25, 0.3) is 0 Å². The van der Waals surface area contributed by atoms with E-state index in [1.54, 1.807) is 0 Å². The van der Waals surface area contributed by atoms with Crippen LogP contribution >= 0.6 is 0 Å². The van der Waals surface area contributed by atoms with E-state index in [1.165, 1.54) is 32.1 Å². The molecular formula is C21H30N2O3. The second kappa shape index (κ2) is 7.97. The zero-order valence-electron chi connectivity index (χ0n) is 15.5. The van der Waals surface area contributed by atoms with Crippen LogP contribution in [0, 0.1) is 5.92 Å². The number of ether oxygens (including phenoxy) is 1. The van der Waals surface area contributed by atoms with Gasteiger partial charge in [-0.3, -0.25) is 4.79 Å². The van der Waals surface area contributed by atoms with Gasteiger partial charge in [0.15, 0.2) is 0 Å². The maximum absolute atomic E-state index is 11.5. The molecule has 0 spiro atoms. The van der Waals surface area contributed by atoms with Gasteiger partial charge in [-0.05, 0) is 55.4 Å². The van der Waals surface area contributed by atoms with E-state index in [0.717, 1.165) is 48.8 Å². The lowest BCUT2D eigenvalue weighted by molar-refractivity contribution is -0.116. The first-order valence-corrected chi connectivity index (χ1v) is 10.2. The van der Waals surface area contributed by atoms with Gasteiger partial charge >= 0.3 is 0 Å². The van der Waals surface area contributed by atoms with Gasteiger partial charge in [0.05, 0.1) is 0 Å². The topological polar surface area (TPSA) is 61.8 Å². The van der Waals surface area contributed by atoms with Crippen LogP contribution in [0.15, 0.2) is 18.2 Å². The first-order chi connectivity index (χ1) is 12.7. The molecule has 5 nitrogen and oxygen atoms in total. The number of nitrogens with one attached hydrogen (secondary N) is 1. The highest BCUT2D eigenvalue weighted by Crippen LogP contribution is 2.29. The fourth-order valence-corrected chi connectivity index (χ4v) is 4.62. The number of hydrogen-bond acceptors (Lipinski definition) is 4. The number of carbonyl (C=O) groups excluding carboxylic acids is 1. The summed E-state index contributed by atoms with van der Waals surface area (Å²) in [5.41, 5.74) is 2.00. The fraction of sp³-hybridized carbons (Fsp3) is 0.667. The molecule has 0 radical (unpaired) electrons. The van der Waals surface area contributed by atoms with Crippen molar-refractivity contribution in [1.29, 1.82) is 0 Å². The van der Waals surface area contributed by atoms with E-state index in [1.807, 2.05) is 18.2 Å². The Morgan fingerprint density at radius 3 is 2.81 bits per heavy atom. The monoisotopic (exact) mass is 358 g/mol. The van der Waals surface area contributed by atoms with Gasteiger partial charge < -0.3 is 20.1 Å². The Morgan fingerprint density at radius 1 is 1.15 bits per heavy atom. The van der Waals surface area contributed by atoms with Gasteiger partial charge in [-0.15, -0.1) is 0 Å². The Kier molecular flexibility index (Phi) is 5.46. The lowest BCUT2D eigenvalue weighted by atomic mass is 9.88. The lowest BCUT2D eigenvalue weighted by Crippen LogP contribution is -2.50. The number of β-amino-alcohol motifs (C(OH)–C–C–N with tert-alkyl or cyclic N) is 1. The SMILES string of the molecule is O=C1CCc2cc(O[C@@H]3CCN(CC4CCCCC4)C[C@H]3O)ccc2N1. The summed E-state index contributed by atoms with van der Waals surface area (Å²) < 4.78 is 6.11. The molecule has 2 fully saturated rings. The average Bonchev–Trinajstić information content (AvgIpc) is 2.65. The van der Waals surface area contributed by atoms with E-state index < -0.39 is 6.10 Å². The second-order valence-electron chi connectivity index (χ2n) is 8.14. The molecule has 0 unspecified atom stereocenters. The van der Waals surface area contributed by atoms with Crippen molar-refractivity contribution < 1.29 is 14.6 Å². The number of benzene rings is 1. The zero-order chi connectivity index (χ0) is 17.9. The zero-order valence-corrected chi connectivity index (χ0v) is 15.5. The second-order valence-corrected chi connectivity index (χ2v) is 8.14. The number of aryl methyl sites for hydroxylation is 1. The molecule has 2 atom stereocenters. The number of anilines is 1. The van der Waals surface area contributed by atoms with Crippen molar-refractivity contribution in [1.82, 2.24) is 4.90 Å². The third-order valence-corrected chi connectivity index (χ3v) is 6.11. The highest BCUT2D eigenvalue weighted by Gasteiger charge is 2.31. The number of carbonyl (C=O) groups is 1. The largest absolute Gasteiger partial charge is 0.488 e. The van der Waals surface area contributed by atoms with Crippen LogP contribution < -0.4 is 10.1 Å². The summed E-state index contributed by atoms with van der Waals surface area (Å²) in [7, 11) is 0. The van der Waals surface area contributed by atoms with Crippen LogP contribution in [0.3, 0.4) is 0 Å². The molecule has 142 valence electrons. The molecule has 0 aromatic heterocycles. The molecule has 1 saturated heterocycles. The summed E-state index contributed by atoms with van der Waals surface area (Å²) >= 11 is 0. The lowest BCUT2D eigenvalue weighted by Gasteiger charge is -2.38. The highest BCUT2D eigenvalue weighted by atomic mass is 16.5. The van der Waals surface area contributed by atoms with Gasteiger partial charge in [-0.2, -0.15) is 0 Å². The predicted octanol–water partition coefficient (Wildman–Crippen LogP) is 2.97. The maximum Gasteiger partial charge on any atom is 0.224 e. The number of amides is 1. The van der Waals surface area contributed by atoms with Crippen LogP contribution in [0.2, 0.25) is 0 Å². The first kappa shape index (κ1) is 17.8. The summed E-state index contributed by atoms with van der Waals surface area (Å²) in [6, 6.07) is 5.81. The van der Waals surface area contributed by atoms with Crippen LogP contribution in [-0.2, 0) is 11.2 Å². The van der Waals surface area contributed by atoms with Crippen molar-refractivity contribution in [3.8, 4) is 5.75 Å². The molecule has 26 heavy (non-hydrogen) atoms. The third kappa shape index (κ3) is 4.21. The van der Waals surface area contributed by atoms with Gasteiger partial charge in [-0.25, -0.2) is 0 Å². The van der Waals surface area contributed by atoms with Crippen molar-refractivity contribution in [3.63, 3.8) is 0 Å². The van der Waals surface area contributed by atoms with Crippen molar-refractivity contribution in [2.45, 2.75) is 63.6 Å². The molecule has 1 saturated carbocycles. The number of likely N-dealkylation sites (tertiary alicyclic amines) is 1. The summed E-state index contributed by atoms with van der Waals surface area (Å²) in [5.74, 6) is 1.68. The molecule has 2 N–H and O–H groups in total. The molecule has 1 aromatic rings. The van der Waals surface area contributed by atoms with E-state index in [0.29, 0.717) is 13.0 Å². The molecule has 0 bridgehead atoms. The van der Waals surface area contributed by atoms with Crippen molar-refractivity contribution in [3.05, 3.63) is 23.8 Å². The molecule has 4 rings (SSSR count). The minimum Gasteiger partial charge on any atom is -0.488 e. The number of piperidine rings is 1. The van der Waals surface area contributed by atoms with Crippen molar-refractivity contribution in [2.75, 3.05) is 25.0 Å². The number of rotatable bonds is 4. The van der Waals surface area contributed by atoms with E-state index in [4.69, 9.17) is 4.74 Å². The quantitative estimate of drug-likeness (QED) is 0.869. The van der Waals surface area contributed by atoms with Gasteiger partial charge in [0, 0.05) is 31.7 Å². The number of hydrogen-bond donors (Lipinski definition) is 2. The molecule has 3 aliphatic rings. The van der Waals surface area contributed by atoms with Crippen molar-refractivity contribution in [2.24, 2.45) is 5.92 Å². The molecule has 2 heterocycles. The van der Waals surface area contributed by atoms with E-state index in [-0.39, 0.29) is 12.0 Å². The standard InChI is InChI=1S/C21H30N2O3/c24-19-14-23(13-15-4-2-1-3-5-15)11-10-20(19)26-17-7-8-18-16(12-17)6-9-21(25)22-18/h7-8,12,15,19-20,24H,1-6,9-11,13-14H2,(H,22,25)/t19-,20-/m1/s1. The number of nitrogens with zero attached hydrogens (tertiary/aromatic N) is 1. The Labute approximate surface area is 155 Å². The molecule has 1 amide bonds. The van der Waals surface area contributed by atoms with Gasteiger partial charge in [-0.1, -0.05) is 19.3 Å². The number of aliphatic hydroxyl groups excluding tert-OH is 1. The molecular weight excluding hydrogens is 328 g/mol. The Morgan fingerprint density at radius 2 is 2.00 bits per heavy atom. The van der Waals surface area contributed by atoms with E-state index >= 15 is 0 Å². The van der Waals surface area contributed by atoms with Crippen molar-refractivity contribution >= 4 is 11.6 Å². The highest BCUT2D eigenvalue weighted by molar-refractivity contribution is 5.93. The predicted molar refractivity (Wildman–Crippen MR) is 101 cm³/mol. The minimum absolute atomic E-state index is 0.0759. The molecule has 1 aromatic carbocycles. The summed E-state index contributed by atoms with van der Waals surface area (Å²) in [5, 5.41) is 13.5. The maximum atomic E-state index is 11.5. The number of aliphatic hydroxyl groups is 1. The summed E-state index contributed by atoms with van der Waals surface area (Å²) in [6.07, 6.45) is 8.37.